The van der Waals surface area contributed by atoms with Crippen LogP contribution in [0.1, 0.15) is 11.1 Å². The van der Waals surface area contributed by atoms with Gasteiger partial charge in [-0.25, -0.2) is 0 Å². The van der Waals surface area contributed by atoms with Gasteiger partial charge in [0.1, 0.15) is 12.4 Å². The van der Waals surface area contributed by atoms with E-state index in [1.165, 1.54) is 0 Å². The van der Waals surface area contributed by atoms with E-state index in [-0.39, 0.29) is 6.61 Å². The summed E-state index contributed by atoms with van der Waals surface area (Å²) < 4.78 is 5.55. The molecule has 0 aliphatic carbocycles. The molecule has 0 aliphatic rings. The Morgan fingerprint density at radius 2 is 1.89 bits per heavy atom. The van der Waals surface area contributed by atoms with E-state index < -0.39 is 7.12 Å². The van der Waals surface area contributed by atoms with Gasteiger partial charge in [0.15, 0.2) is 0 Å². The first-order valence-electron chi connectivity index (χ1n) is 5.77. The van der Waals surface area contributed by atoms with E-state index in [2.05, 4.69) is 6.07 Å². The Labute approximate surface area is 111 Å². The lowest BCUT2D eigenvalue weighted by molar-refractivity contribution is 0.306. The van der Waals surface area contributed by atoms with Gasteiger partial charge in [-0.1, -0.05) is 30.3 Å². The SMILES string of the molecule is N#Cc1cccc(COc2ccccc2B(O)O)c1. The third-order valence-corrected chi connectivity index (χ3v) is 2.65. The summed E-state index contributed by atoms with van der Waals surface area (Å²) in [7, 11) is -1.57. The van der Waals surface area contributed by atoms with Crippen LogP contribution >= 0.6 is 0 Å². The minimum Gasteiger partial charge on any atom is -0.489 e. The molecule has 2 rings (SSSR count). The lowest BCUT2D eigenvalue weighted by atomic mass is 9.79. The van der Waals surface area contributed by atoms with Crippen molar-refractivity contribution in [2.75, 3.05) is 0 Å². The highest BCUT2D eigenvalue weighted by atomic mass is 16.5. The number of hydrogen-bond acceptors (Lipinski definition) is 4. The summed E-state index contributed by atoms with van der Waals surface area (Å²) in [5.41, 5.74) is 1.73. The highest BCUT2D eigenvalue weighted by molar-refractivity contribution is 6.59. The minimum atomic E-state index is -1.57. The second-order valence-corrected chi connectivity index (χ2v) is 4.01. The number of benzene rings is 2. The summed E-state index contributed by atoms with van der Waals surface area (Å²) in [4.78, 5) is 0. The fourth-order valence-electron chi connectivity index (χ4n) is 1.72. The van der Waals surface area contributed by atoms with Crippen molar-refractivity contribution < 1.29 is 14.8 Å². The predicted octanol–water partition coefficient (Wildman–Crippen LogP) is 0.817. The molecule has 0 heterocycles. The predicted molar refractivity (Wildman–Crippen MR) is 71.8 cm³/mol. The van der Waals surface area contributed by atoms with E-state index in [0.717, 1.165) is 5.56 Å². The smallest absolute Gasteiger partial charge is 0.489 e. The Bertz CT molecular complexity index is 608. The molecule has 0 atom stereocenters. The summed E-state index contributed by atoms with van der Waals surface area (Å²) in [5, 5.41) is 27.2. The fourth-order valence-corrected chi connectivity index (χ4v) is 1.72. The lowest BCUT2D eigenvalue weighted by Gasteiger charge is -2.11. The van der Waals surface area contributed by atoms with Gasteiger partial charge >= 0.3 is 7.12 Å². The van der Waals surface area contributed by atoms with Crippen LogP contribution in [0.4, 0.5) is 0 Å². The van der Waals surface area contributed by atoms with Crippen LogP contribution in [0, 0.1) is 11.3 Å². The summed E-state index contributed by atoms with van der Waals surface area (Å²) in [6.07, 6.45) is 0. The van der Waals surface area contributed by atoms with Crippen LogP contribution in [-0.4, -0.2) is 17.2 Å². The maximum Gasteiger partial charge on any atom is 0.492 e. The van der Waals surface area contributed by atoms with Gasteiger partial charge in [-0.2, -0.15) is 5.26 Å². The van der Waals surface area contributed by atoms with Gasteiger partial charge in [-0.3, -0.25) is 0 Å². The minimum absolute atomic E-state index is 0.263. The van der Waals surface area contributed by atoms with E-state index >= 15 is 0 Å². The Hall–Kier alpha value is -2.29. The van der Waals surface area contributed by atoms with E-state index in [1.807, 2.05) is 6.07 Å². The van der Waals surface area contributed by atoms with Crippen LogP contribution < -0.4 is 10.2 Å². The molecule has 2 N–H and O–H groups in total. The van der Waals surface area contributed by atoms with Crippen LogP contribution in [0.5, 0.6) is 5.75 Å². The summed E-state index contributed by atoms with van der Waals surface area (Å²) in [6.45, 7) is 0.263. The van der Waals surface area contributed by atoms with Crippen molar-refractivity contribution in [2.24, 2.45) is 0 Å². The number of rotatable bonds is 4. The van der Waals surface area contributed by atoms with Gasteiger partial charge in [0, 0.05) is 5.46 Å². The van der Waals surface area contributed by atoms with Crippen LogP contribution in [0.15, 0.2) is 48.5 Å². The number of nitrogens with zero attached hydrogens (tertiary/aromatic N) is 1. The van der Waals surface area contributed by atoms with Crippen molar-refractivity contribution in [3.8, 4) is 11.8 Å². The van der Waals surface area contributed by atoms with Crippen LogP contribution in [-0.2, 0) is 6.61 Å². The van der Waals surface area contributed by atoms with Gasteiger partial charge in [0.2, 0.25) is 0 Å². The average Bonchev–Trinajstić information content (AvgIpc) is 2.45. The molecule has 0 amide bonds. The zero-order valence-corrected chi connectivity index (χ0v) is 10.2. The van der Waals surface area contributed by atoms with E-state index in [4.69, 9.17) is 10.00 Å². The van der Waals surface area contributed by atoms with Crippen LogP contribution in [0.3, 0.4) is 0 Å². The second-order valence-electron chi connectivity index (χ2n) is 4.01. The molecule has 0 bridgehead atoms. The highest BCUT2D eigenvalue weighted by Gasteiger charge is 2.16. The van der Waals surface area contributed by atoms with Crippen LogP contribution in [0.2, 0.25) is 0 Å². The van der Waals surface area contributed by atoms with E-state index in [0.29, 0.717) is 16.8 Å². The highest BCUT2D eigenvalue weighted by Crippen LogP contribution is 2.11. The van der Waals surface area contributed by atoms with Gasteiger partial charge in [-0.15, -0.1) is 0 Å². The topological polar surface area (TPSA) is 73.5 Å². The van der Waals surface area contributed by atoms with Gasteiger partial charge in [0.25, 0.3) is 0 Å². The zero-order valence-electron chi connectivity index (χ0n) is 10.2. The van der Waals surface area contributed by atoms with Crippen molar-refractivity contribution >= 4 is 12.6 Å². The summed E-state index contributed by atoms with van der Waals surface area (Å²) in [5.74, 6) is 0.417. The first kappa shape index (κ1) is 13.2. The Balaban J connectivity index is 2.12. The number of nitriles is 1. The van der Waals surface area contributed by atoms with Crippen molar-refractivity contribution in [1.82, 2.24) is 0 Å². The first-order valence-corrected chi connectivity index (χ1v) is 5.77. The molecule has 0 aliphatic heterocycles. The molecular weight excluding hydrogens is 241 g/mol. The fraction of sp³-hybridized carbons (Fsp3) is 0.0714. The number of hydrogen-bond donors (Lipinski definition) is 2. The third-order valence-electron chi connectivity index (χ3n) is 2.65. The van der Waals surface area contributed by atoms with Crippen molar-refractivity contribution in [3.63, 3.8) is 0 Å². The van der Waals surface area contributed by atoms with Gasteiger partial charge in [-0.05, 0) is 23.8 Å². The molecule has 0 fully saturated rings. The molecule has 4 nitrogen and oxygen atoms in total. The molecule has 2 aromatic carbocycles. The van der Waals surface area contributed by atoms with Gasteiger partial charge < -0.3 is 14.8 Å². The number of para-hydroxylation sites is 1. The third kappa shape index (κ3) is 3.35. The molecule has 0 saturated carbocycles. The first-order chi connectivity index (χ1) is 9.20. The monoisotopic (exact) mass is 253 g/mol. The van der Waals surface area contributed by atoms with E-state index in [9.17, 15) is 10.0 Å². The Morgan fingerprint density at radius 1 is 1.11 bits per heavy atom. The molecule has 0 radical (unpaired) electrons. The zero-order chi connectivity index (χ0) is 13.7. The van der Waals surface area contributed by atoms with Gasteiger partial charge in [0.05, 0.1) is 11.6 Å². The normalized spacial score (nSPS) is 9.74. The maximum atomic E-state index is 9.22. The average molecular weight is 253 g/mol. The number of ether oxygens (including phenoxy) is 1. The Morgan fingerprint density at radius 3 is 2.63 bits per heavy atom. The molecule has 0 unspecified atom stereocenters. The van der Waals surface area contributed by atoms with Crippen molar-refractivity contribution in [2.45, 2.75) is 6.61 Å². The standard InChI is InChI=1S/C14H12BNO3/c16-9-11-4-3-5-12(8-11)10-19-14-7-2-1-6-13(14)15(17)18/h1-8,17-18H,10H2. The summed E-state index contributed by atoms with van der Waals surface area (Å²) >= 11 is 0. The molecule has 0 spiro atoms. The molecule has 0 saturated heterocycles. The van der Waals surface area contributed by atoms with Crippen LogP contribution in [0.25, 0.3) is 0 Å². The van der Waals surface area contributed by atoms with Crippen molar-refractivity contribution in [1.29, 1.82) is 5.26 Å². The summed E-state index contributed by atoms with van der Waals surface area (Å²) in [6, 6.07) is 15.9. The molecule has 19 heavy (non-hydrogen) atoms. The molecular formula is C14H12BNO3. The molecule has 0 aromatic heterocycles. The van der Waals surface area contributed by atoms with Crippen molar-refractivity contribution in [3.05, 3.63) is 59.7 Å². The quantitative estimate of drug-likeness (QED) is 0.791. The van der Waals surface area contributed by atoms with E-state index in [1.54, 1.807) is 42.5 Å². The lowest BCUT2D eigenvalue weighted by Crippen LogP contribution is -2.31. The maximum absolute atomic E-state index is 9.22. The Kier molecular flexibility index (Phi) is 4.19. The second kappa shape index (κ2) is 6.05. The largest absolute Gasteiger partial charge is 0.492 e. The molecule has 94 valence electrons. The molecule has 2 aromatic rings. The molecule has 5 heteroatoms.